The number of rotatable bonds is 5. The SMILES string of the molecule is CC[C@](O)(c1ccncc1)c1cc(-c2c[nH]c3ncc(-c4cn[nH]c4)cc23)nc(N)n1. The summed E-state index contributed by atoms with van der Waals surface area (Å²) in [6.07, 6.45) is 10.9. The minimum atomic E-state index is -1.32. The van der Waals surface area contributed by atoms with E-state index in [-0.39, 0.29) is 5.95 Å². The number of aromatic amines is 2. The molecule has 5 rings (SSSR count). The van der Waals surface area contributed by atoms with Gasteiger partial charge in [0.05, 0.1) is 17.6 Å². The Balaban J connectivity index is 1.66. The van der Waals surface area contributed by atoms with Gasteiger partial charge >= 0.3 is 0 Å². The van der Waals surface area contributed by atoms with E-state index in [1.807, 2.05) is 25.4 Å². The normalized spacial score (nSPS) is 13.4. The van der Waals surface area contributed by atoms with Gasteiger partial charge in [0, 0.05) is 53.1 Å². The fourth-order valence-electron chi connectivity index (χ4n) is 3.76. The first-order valence-corrected chi connectivity index (χ1v) is 9.83. The second kappa shape index (κ2) is 7.29. The van der Waals surface area contributed by atoms with Crippen molar-refractivity contribution in [2.45, 2.75) is 18.9 Å². The van der Waals surface area contributed by atoms with Crippen molar-refractivity contribution in [1.29, 1.82) is 0 Å². The highest BCUT2D eigenvalue weighted by molar-refractivity contribution is 5.95. The van der Waals surface area contributed by atoms with E-state index in [1.54, 1.807) is 43.0 Å². The van der Waals surface area contributed by atoms with Gasteiger partial charge in [0.1, 0.15) is 11.2 Å². The molecule has 0 unspecified atom stereocenters. The molecule has 154 valence electrons. The number of nitrogens with one attached hydrogen (secondary N) is 2. The van der Waals surface area contributed by atoms with Gasteiger partial charge in [0.15, 0.2) is 0 Å². The summed E-state index contributed by atoms with van der Waals surface area (Å²) in [6.45, 7) is 1.89. The number of aromatic nitrogens is 7. The van der Waals surface area contributed by atoms with E-state index >= 15 is 0 Å². The van der Waals surface area contributed by atoms with Crippen LogP contribution in [-0.2, 0) is 5.60 Å². The molecule has 0 amide bonds. The van der Waals surface area contributed by atoms with Crippen molar-refractivity contribution in [3.05, 3.63) is 72.7 Å². The maximum atomic E-state index is 11.5. The Bertz CT molecular complexity index is 1350. The number of aliphatic hydroxyl groups is 1. The molecule has 0 aliphatic rings. The average molecular weight is 412 g/mol. The number of H-pyrrole nitrogens is 2. The van der Waals surface area contributed by atoms with Crippen LogP contribution in [0.15, 0.2) is 61.4 Å². The van der Waals surface area contributed by atoms with Crippen molar-refractivity contribution in [1.82, 2.24) is 35.1 Å². The quantitative estimate of drug-likeness (QED) is 0.347. The molecule has 0 aliphatic heterocycles. The Kier molecular flexibility index (Phi) is 4.45. The molecule has 1 atom stereocenters. The van der Waals surface area contributed by atoms with Gasteiger partial charge in [-0.1, -0.05) is 6.92 Å². The molecular weight excluding hydrogens is 392 g/mol. The molecule has 0 bridgehead atoms. The molecule has 5 N–H and O–H groups in total. The fraction of sp³-hybridized carbons (Fsp3) is 0.136. The maximum absolute atomic E-state index is 11.5. The van der Waals surface area contributed by atoms with Crippen LogP contribution in [0.5, 0.6) is 0 Å². The number of pyridine rings is 2. The zero-order valence-corrected chi connectivity index (χ0v) is 16.7. The van der Waals surface area contributed by atoms with Crippen LogP contribution in [0.1, 0.15) is 24.6 Å². The molecule has 5 aromatic rings. The average Bonchev–Trinajstić information content (AvgIpc) is 3.48. The number of fused-ring (bicyclic) bond motifs is 1. The summed E-state index contributed by atoms with van der Waals surface area (Å²) in [5, 5.41) is 19.2. The van der Waals surface area contributed by atoms with Crippen LogP contribution in [0.25, 0.3) is 33.4 Å². The first-order valence-electron chi connectivity index (χ1n) is 9.83. The molecular formula is C22H20N8O. The molecule has 0 fully saturated rings. The lowest BCUT2D eigenvalue weighted by atomic mass is 9.87. The van der Waals surface area contributed by atoms with Gasteiger partial charge < -0.3 is 15.8 Å². The number of hydrogen-bond donors (Lipinski definition) is 4. The third kappa shape index (κ3) is 3.21. The van der Waals surface area contributed by atoms with Gasteiger partial charge in [-0.15, -0.1) is 0 Å². The second-order valence-electron chi connectivity index (χ2n) is 7.26. The Morgan fingerprint density at radius 1 is 1.06 bits per heavy atom. The van der Waals surface area contributed by atoms with Gasteiger partial charge in [-0.2, -0.15) is 5.10 Å². The third-order valence-electron chi connectivity index (χ3n) is 5.48. The molecule has 0 radical (unpaired) electrons. The third-order valence-corrected chi connectivity index (χ3v) is 5.48. The summed E-state index contributed by atoms with van der Waals surface area (Å²) >= 11 is 0. The summed E-state index contributed by atoms with van der Waals surface area (Å²) in [4.78, 5) is 20.5. The zero-order chi connectivity index (χ0) is 21.4. The predicted molar refractivity (Wildman–Crippen MR) is 117 cm³/mol. The van der Waals surface area contributed by atoms with Crippen LogP contribution in [-0.4, -0.2) is 40.2 Å². The first kappa shape index (κ1) is 18.9. The highest BCUT2D eigenvalue weighted by Crippen LogP contribution is 2.35. The molecule has 0 aromatic carbocycles. The molecule has 9 heteroatoms. The molecule has 5 aromatic heterocycles. The van der Waals surface area contributed by atoms with Crippen LogP contribution in [0.2, 0.25) is 0 Å². The largest absolute Gasteiger partial charge is 0.379 e. The molecule has 0 saturated carbocycles. The minimum Gasteiger partial charge on any atom is -0.379 e. The van der Waals surface area contributed by atoms with Gasteiger partial charge in [-0.3, -0.25) is 10.1 Å². The lowest BCUT2D eigenvalue weighted by molar-refractivity contribution is 0.0719. The molecule has 0 saturated heterocycles. The van der Waals surface area contributed by atoms with Gasteiger partial charge in [-0.05, 0) is 36.2 Å². The van der Waals surface area contributed by atoms with Crippen molar-refractivity contribution in [2.24, 2.45) is 0 Å². The van der Waals surface area contributed by atoms with Crippen LogP contribution in [0, 0.1) is 0 Å². The van der Waals surface area contributed by atoms with Crippen LogP contribution in [0.4, 0.5) is 5.95 Å². The van der Waals surface area contributed by atoms with Crippen molar-refractivity contribution >= 4 is 17.0 Å². The molecule has 5 heterocycles. The van der Waals surface area contributed by atoms with E-state index in [1.165, 1.54) is 0 Å². The molecule has 0 aliphatic carbocycles. The van der Waals surface area contributed by atoms with Gasteiger partial charge in [0.2, 0.25) is 5.95 Å². The van der Waals surface area contributed by atoms with E-state index in [2.05, 4.69) is 35.1 Å². The smallest absolute Gasteiger partial charge is 0.220 e. The summed E-state index contributed by atoms with van der Waals surface area (Å²) in [5.74, 6) is 0.0849. The summed E-state index contributed by atoms with van der Waals surface area (Å²) < 4.78 is 0. The lowest BCUT2D eigenvalue weighted by Gasteiger charge is -2.27. The van der Waals surface area contributed by atoms with Crippen LogP contribution >= 0.6 is 0 Å². The summed E-state index contributed by atoms with van der Waals surface area (Å²) in [5.41, 5.74) is 9.86. The molecule has 9 nitrogen and oxygen atoms in total. The van der Waals surface area contributed by atoms with Crippen LogP contribution < -0.4 is 5.73 Å². The predicted octanol–water partition coefficient (Wildman–Crippen LogP) is 3.03. The highest BCUT2D eigenvalue weighted by atomic mass is 16.3. The van der Waals surface area contributed by atoms with Gasteiger partial charge in [-0.25, -0.2) is 15.0 Å². The van der Waals surface area contributed by atoms with E-state index in [0.717, 1.165) is 27.7 Å². The summed E-state index contributed by atoms with van der Waals surface area (Å²) in [7, 11) is 0. The minimum absolute atomic E-state index is 0.0849. The van der Waals surface area contributed by atoms with E-state index < -0.39 is 5.60 Å². The fourth-order valence-corrected chi connectivity index (χ4v) is 3.76. The topological polar surface area (TPSA) is 142 Å². The van der Waals surface area contributed by atoms with E-state index in [9.17, 15) is 5.11 Å². The number of hydrogen-bond acceptors (Lipinski definition) is 7. The number of nitrogens with zero attached hydrogens (tertiary/aromatic N) is 5. The molecule has 0 spiro atoms. The Morgan fingerprint density at radius 3 is 2.65 bits per heavy atom. The van der Waals surface area contributed by atoms with Gasteiger partial charge in [0.25, 0.3) is 0 Å². The van der Waals surface area contributed by atoms with Crippen molar-refractivity contribution < 1.29 is 5.11 Å². The Morgan fingerprint density at radius 2 is 1.90 bits per heavy atom. The Hall–Kier alpha value is -4.11. The molecule has 31 heavy (non-hydrogen) atoms. The standard InChI is InChI=1S/C22H20N8O/c1-2-22(31,15-3-5-24-6-4-15)19-8-18(29-21(23)30-19)17-12-26-20-16(17)7-13(9-25-20)14-10-27-28-11-14/h3-12,31H,2H2,1H3,(H,25,26)(H,27,28)(H2,23,29,30)/t22-/m0/s1. The number of anilines is 1. The Labute approximate surface area is 177 Å². The highest BCUT2D eigenvalue weighted by Gasteiger charge is 2.32. The van der Waals surface area contributed by atoms with Crippen LogP contribution in [0.3, 0.4) is 0 Å². The van der Waals surface area contributed by atoms with Crippen molar-refractivity contribution in [2.75, 3.05) is 5.73 Å². The lowest BCUT2D eigenvalue weighted by Crippen LogP contribution is -2.28. The van der Waals surface area contributed by atoms with Crippen molar-refractivity contribution in [3.63, 3.8) is 0 Å². The van der Waals surface area contributed by atoms with E-state index in [4.69, 9.17) is 5.73 Å². The van der Waals surface area contributed by atoms with E-state index in [0.29, 0.717) is 23.4 Å². The summed E-state index contributed by atoms with van der Waals surface area (Å²) in [6, 6.07) is 7.34. The monoisotopic (exact) mass is 412 g/mol. The van der Waals surface area contributed by atoms with Crippen molar-refractivity contribution in [3.8, 4) is 22.4 Å². The zero-order valence-electron chi connectivity index (χ0n) is 16.7. The maximum Gasteiger partial charge on any atom is 0.220 e. The number of nitrogen functional groups attached to an aromatic ring is 1. The first-order chi connectivity index (χ1) is 15.1. The number of nitrogens with two attached hydrogens (primary N) is 1. The second-order valence-corrected chi connectivity index (χ2v) is 7.26.